The molecule has 14 heavy (non-hydrogen) atoms. The number of carbonyl (C=O) groups excluding carboxylic acids is 1. The van der Waals surface area contributed by atoms with E-state index in [4.69, 9.17) is 5.73 Å². The van der Waals surface area contributed by atoms with Crippen molar-refractivity contribution in [3.05, 3.63) is 0 Å². The lowest BCUT2D eigenvalue weighted by atomic mass is 10.0. The molecule has 2 rings (SSSR count). The van der Waals surface area contributed by atoms with Crippen LogP contribution in [0.2, 0.25) is 0 Å². The molecule has 0 aromatic rings. The third-order valence-corrected chi connectivity index (χ3v) is 3.41. The van der Waals surface area contributed by atoms with Gasteiger partial charge in [-0.15, -0.1) is 0 Å². The van der Waals surface area contributed by atoms with E-state index in [1.165, 1.54) is 0 Å². The molecule has 80 valence electrons. The minimum atomic E-state index is 0.146. The van der Waals surface area contributed by atoms with Crippen LogP contribution in [-0.2, 0) is 4.79 Å². The van der Waals surface area contributed by atoms with Crippen LogP contribution in [0, 0.1) is 0 Å². The van der Waals surface area contributed by atoms with Gasteiger partial charge >= 0.3 is 0 Å². The highest BCUT2D eigenvalue weighted by Gasteiger charge is 2.35. The van der Waals surface area contributed by atoms with Gasteiger partial charge in [-0.1, -0.05) is 0 Å². The van der Waals surface area contributed by atoms with E-state index in [1.54, 1.807) is 0 Å². The lowest BCUT2D eigenvalue weighted by Crippen LogP contribution is -2.47. The Balaban J connectivity index is 1.93. The fourth-order valence-electron chi connectivity index (χ4n) is 2.37. The number of piperidine rings is 1. The van der Waals surface area contributed by atoms with Gasteiger partial charge in [0.25, 0.3) is 0 Å². The quantitative estimate of drug-likeness (QED) is 0.624. The molecule has 0 unspecified atom stereocenters. The molecule has 0 aromatic carbocycles. The molecule has 0 aromatic heterocycles. The Morgan fingerprint density at radius 1 is 1.21 bits per heavy atom. The summed E-state index contributed by atoms with van der Waals surface area (Å²) in [7, 11) is 1.89. The Bertz CT molecular complexity index is 223. The summed E-state index contributed by atoms with van der Waals surface area (Å²) < 4.78 is 0. The number of carbonyl (C=O) groups is 1. The SMILES string of the molecule is CN1CC[C@@H](N2CCC(N)CC2)C1=O. The Morgan fingerprint density at radius 3 is 2.36 bits per heavy atom. The second-order valence-corrected chi connectivity index (χ2v) is 4.44. The summed E-state index contributed by atoms with van der Waals surface area (Å²) >= 11 is 0. The van der Waals surface area contributed by atoms with Crippen molar-refractivity contribution in [1.29, 1.82) is 0 Å². The summed E-state index contributed by atoms with van der Waals surface area (Å²) in [6, 6.07) is 0.494. The molecule has 4 nitrogen and oxygen atoms in total. The second-order valence-electron chi connectivity index (χ2n) is 4.44. The van der Waals surface area contributed by atoms with Crippen molar-refractivity contribution < 1.29 is 4.79 Å². The maximum atomic E-state index is 11.7. The molecule has 2 aliphatic heterocycles. The molecule has 2 aliphatic rings. The van der Waals surface area contributed by atoms with Crippen LogP contribution in [0.3, 0.4) is 0 Å². The number of likely N-dealkylation sites (N-methyl/N-ethyl adjacent to an activating group) is 1. The number of nitrogens with zero attached hydrogens (tertiary/aromatic N) is 2. The molecule has 0 radical (unpaired) electrons. The Morgan fingerprint density at radius 2 is 1.86 bits per heavy atom. The lowest BCUT2D eigenvalue weighted by Gasteiger charge is -2.33. The summed E-state index contributed by atoms with van der Waals surface area (Å²) in [5.74, 6) is 0.292. The zero-order valence-corrected chi connectivity index (χ0v) is 8.78. The van der Waals surface area contributed by atoms with E-state index in [0.29, 0.717) is 11.9 Å². The Hall–Kier alpha value is -0.610. The number of nitrogens with two attached hydrogens (primary N) is 1. The normalized spacial score (nSPS) is 31.4. The smallest absolute Gasteiger partial charge is 0.239 e. The fourth-order valence-corrected chi connectivity index (χ4v) is 2.37. The van der Waals surface area contributed by atoms with Gasteiger partial charge in [0.2, 0.25) is 5.91 Å². The number of amides is 1. The van der Waals surface area contributed by atoms with Crippen LogP contribution in [0.1, 0.15) is 19.3 Å². The highest BCUT2D eigenvalue weighted by molar-refractivity contribution is 5.83. The van der Waals surface area contributed by atoms with Crippen molar-refractivity contribution in [2.45, 2.75) is 31.3 Å². The van der Waals surface area contributed by atoms with E-state index in [2.05, 4.69) is 4.90 Å². The van der Waals surface area contributed by atoms with Crippen molar-refractivity contribution in [2.24, 2.45) is 5.73 Å². The van der Waals surface area contributed by atoms with Gasteiger partial charge in [-0.05, 0) is 19.3 Å². The van der Waals surface area contributed by atoms with E-state index in [-0.39, 0.29) is 6.04 Å². The first kappa shape index (κ1) is 9.93. The van der Waals surface area contributed by atoms with E-state index in [1.807, 2.05) is 11.9 Å². The van der Waals surface area contributed by atoms with Crippen LogP contribution in [0.15, 0.2) is 0 Å². The molecule has 2 N–H and O–H groups in total. The lowest BCUT2D eigenvalue weighted by molar-refractivity contribution is -0.131. The standard InChI is InChI=1S/C10H19N3O/c1-12-5-4-9(10(12)14)13-6-2-8(11)3-7-13/h8-9H,2-7,11H2,1H3/t9-/m1/s1. The van der Waals surface area contributed by atoms with Crippen LogP contribution < -0.4 is 5.73 Å². The van der Waals surface area contributed by atoms with Crippen LogP contribution in [0.4, 0.5) is 0 Å². The summed E-state index contributed by atoms with van der Waals surface area (Å²) in [4.78, 5) is 15.9. The molecule has 0 bridgehead atoms. The molecular weight excluding hydrogens is 178 g/mol. The first-order valence-electron chi connectivity index (χ1n) is 5.43. The molecule has 2 saturated heterocycles. The highest BCUT2D eigenvalue weighted by Crippen LogP contribution is 2.19. The van der Waals surface area contributed by atoms with Crippen molar-refractivity contribution in [3.8, 4) is 0 Å². The molecule has 4 heteroatoms. The van der Waals surface area contributed by atoms with Gasteiger partial charge in [0.05, 0.1) is 6.04 Å². The zero-order valence-electron chi connectivity index (χ0n) is 8.78. The van der Waals surface area contributed by atoms with Gasteiger partial charge in [-0.25, -0.2) is 0 Å². The fraction of sp³-hybridized carbons (Fsp3) is 0.900. The van der Waals surface area contributed by atoms with Crippen molar-refractivity contribution in [1.82, 2.24) is 9.80 Å². The van der Waals surface area contributed by atoms with Crippen molar-refractivity contribution in [2.75, 3.05) is 26.7 Å². The monoisotopic (exact) mass is 197 g/mol. The summed E-state index contributed by atoms with van der Waals surface area (Å²) in [6.07, 6.45) is 3.06. The maximum absolute atomic E-state index is 11.7. The average Bonchev–Trinajstić information content (AvgIpc) is 2.50. The second kappa shape index (κ2) is 3.87. The van der Waals surface area contributed by atoms with E-state index in [0.717, 1.165) is 38.9 Å². The van der Waals surface area contributed by atoms with Crippen molar-refractivity contribution >= 4 is 5.91 Å². The Kier molecular flexibility index (Phi) is 2.74. The van der Waals surface area contributed by atoms with E-state index in [9.17, 15) is 4.79 Å². The van der Waals surface area contributed by atoms with Gasteiger partial charge in [-0.2, -0.15) is 0 Å². The van der Waals surface area contributed by atoms with Crippen LogP contribution in [0.5, 0.6) is 0 Å². The minimum Gasteiger partial charge on any atom is -0.344 e. The largest absolute Gasteiger partial charge is 0.344 e. The molecule has 1 atom stereocenters. The number of likely N-dealkylation sites (tertiary alicyclic amines) is 2. The summed E-state index contributed by atoms with van der Waals surface area (Å²) in [6.45, 7) is 2.89. The third kappa shape index (κ3) is 1.77. The molecule has 0 saturated carbocycles. The van der Waals surface area contributed by atoms with Gasteiger partial charge in [-0.3, -0.25) is 9.69 Å². The number of rotatable bonds is 1. The van der Waals surface area contributed by atoms with Crippen molar-refractivity contribution in [3.63, 3.8) is 0 Å². The van der Waals surface area contributed by atoms with Crippen LogP contribution in [0.25, 0.3) is 0 Å². The average molecular weight is 197 g/mol. The zero-order chi connectivity index (χ0) is 10.1. The molecular formula is C10H19N3O. The summed E-state index contributed by atoms with van der Waals surface area (Å²) in [5.41, 5.74) is 5.84. The molecule has 2 heterocycles. The Labute approximate surface area is 85.0 Å². The highest BCUT2D eigenvalue weighted by atomic mass is 16.2. The van der Waals surface area contributed by atoms with Gasteiger partial charge in [0.15, 0.2) is 0 Å². The molecule has 0 aliphatic carbocycles. The predicted molar refractivity (Wildman–Crippen MR) is 54.8 cm³/mol. The first-order valence-corrected chi connectivity index (χ1v) is 5.43. The van der Waals surface area contributed by atoms with Crippen LogP contribution >= 0.6 is 0 Å². The van der Waals surface area contributed by atoms with E-state index >= 15 is 0 Å². The van der Waals surface area contributed by atoms with Gasteiger partial charge in [0.1, 0.15) is 0 Å². The molecule has 2 fully saturated rings. The van der Waals surface area contributed by atoms with Gasteiger partial charge in [0, 0.05) is 32.7 Å². The predicted octanol–water partition coefficient (Wildman–Crippen LogP) is -0.360. The number of hydrogen-bond acceptors (Lipinski definition) is 3. The maximum Gasteiger partial charge on any atom is 0.239 e. The number of hydrogen-bond donors (Lipinski definition) is 1. The topological polar surface area (TPSA) is 49.6 Å². The van der Waals surface area contributed by atoms with Gasteiger partial charge < -0.3 is 10.6 Å². The first-order chi connectivity index (χ1) is 6.68. The third-order valence-electron chi connectivity index (χ3n) is 3.41. The van der Waals surface area contributed by atoms with Crippen LogP contribution in [-0.4, -0.2) is 54.5 Å². The summed E-state index contributed by atoms with van der Waals surface area (Å²) in [5, 5.41) is 0. The molecule has 1 amide bonds. The van der Waals surface area contributed by atoms with E-state index < -0.39 is 0 Å². The minimum absolute atomic E-state index is 0.146. The molecule has 0 spiro atoms.